The number of rotatable bonds is 5. The van der Waals surface area contributed by atoms with Crippen LogP contribution < -0.4 is 16.4 Å². The van der Waals surface area contributed by atoms with Crippen LogP contribution in [-0.4, -0.2) is 17.0 Å². The van der Waals surface area contributed by atoms with Crippen molar-refractivity contribution in [3.05, 3.63) is 60.3 Å². The number of alkyl carbamates (subject to hydrolysis) is 1. The van der Waals surface area contributed by atoms with Crippen molar-refractivity contribution in [3.8, 4) is 0 Å². The van der Waals surface area contributed by atoms with Crippen molar-refractivity contribution >= 4 is 23.5 Å². The SMILES string of the molecule is C[C-](NC(=O)OCc1ccccc1)C(=O)Nc1cccnc1N.[Y]. The summed E-state index contributed by atoms with van der Waals surface area (Å²) in [6, 6.07) is 12.6. The number of nitrogens with one attached hydrogen (secondary N) is 2. The molecule has 2 amide bonds. The maximum Gasteiger partial charge on any atom is 0.381 e. The minimum atomic E-state index is -0.708. The van der Waals surface area contributed by atoms with Gasteiger partial charge in [-0.1, -0.05) is 30.3 Å². The van der Waals surface area contributed by atoms with Crippen molar-refractivity contribution in [2.24, 2.45) is 0 Å². The van der Waals surface area contributed by atoms with Crippen LogP contribution in [-0.2, 0) is 48.8 Å². The Morgan fingerprint density at radius 1 is 1.21 bits per heavy atom. The van der Waals surface area contributed by atoms with Crippen LogP contribution in [0.3, 0.4) is 0 Å². The molecule has 1 aromatic heterocycles. The Balaban J connectivity index is 0.00000288. The molecule has 1 aromatic carbocycles. The smallest absolute Gasteiger partial charge is 0.381 e. The Bertz CT molecular complexity index is 682. The molecule has 0 aliphatic rings. The number of hydrogen-bond acceptors (Lipinski definition) is 5. The largest absolute Gasteiger partial charge is 0.446 e. The van der Waals surface area contributed by atoms with Gasteiger partial charge in [0.1, 0.15) is 18.3 Å². The third-order valence-corrected chi connectivity index (χ3v) is 2.93. The fraction of sp³-hybridized carbons (Fsp3) is 0.125. The number of benzene rings is 1. The number of aromatic nitrogens is 1. The Hall–Kier alpha value is -2.12. The Morgan fingerprint density at radius 2 is 1.92 bits per heavy atom. The molecule has 0 atom stereocenters. The van der Waals surface area contributed by atoms with Crippen LogP contribution in [0.4, 0.5) is 16.3 Å². The van der Waals surface area contributed by atoms with Gasteiger partial charge in [0.05, 0.1) is 5.69 Å². The predicted octanol–water partition coefficient (Wildman–Crippen LogP) is 2.08. The monoisotopic (exact) mass is 402 g/mol. The van der Waals surface area contributed by atoms with Crippen molar-refractivity contribution < 1.29 is 47.0 Å². The van der Waals surface area contributed by atoms with Crippen molar-refractivity contribution in [2.45, 2.75) is 13.5 Å². The number of anilines is 2. The van der Waals surface area contributed by atoms with E-state index in [1.54, 1.807) is 12.1 Å². The average Bonchev–Trinajstić information content (AvgIpc) is 2.56. The fourth-order valence-corrected chi connectivity index (χ4v) is 1.71. The molecular formula is C16H17N4O3Y-. The Labute approximate surface area is 165 Å². The van der Waals surface area contributed by atoms with Crippen LogP contribution in [0.5, 0.6) is 0 Å². The van der Waals surface area contributed by atoms with E-state index in [4.69, 9.17) is 10.5 Å². The molecule has 0 aliphatic heterocycles. The maximum absolute atomic E-state index is 12.0. The normalized spacial score (nSPS) is 9.38. The van der Waals surface area contributed by atoms with Crippen LogP contribution in [0.1, 0.15) is 12.5 Å². The summed E-state index contributed by atoms with van der Waals surface area (Å²) in [7, 11) is 0. The standard InChI is InChI=1S/C16H17N4O3.Y/c1-11(15(21)20-13-8-5-9-18-14(13)17)19-16(22)23-10-12-6-3-2-4-7-12;/h2-9H,10H2,1H3,(H2,17,18)(H,19,22)(H,20,21);/q-1;. The first kappa shape index (κ1) is 19.9. The molecule has 2 aromatic rings. The number of amides is 2. The number of ether oxygens (including phenoxy) is 1. The van der Waals surface area contributed by atoms with Gasteiger partial charge in [0.25, 0.3) is 0 Å². The van der Waals surface area contributed by atoms with Crippen LogP contribution in [0.2, 0.25) is 0 Å². The summed E-state index contributed by atoms with van der Waals surface area (Å²) in [5, 5.41) is 4.93. The van der Waals surface area contributed by atoms with Gasteiger partial charge in [-0.15, -0.1) is 0 Å². The number of nitrogens with zero attached hydrogens (tertiary/aromatic N) is 1. The molecule has 0 fully saturated rings. The van der Waals surface area contributed by atoms with Gasteiger partial charge >= 0.3 is 6.09 Å². The van der Waals surface area contributed by atoms with E-state index in [9.17, 15) is 9.59 Å². The van der Waals surface area contributed by atoms with E-state index in [-0.39, 0.29) is 51.2 Å². The minimum Gasteiger partial charge on any atom is -0.446 e. The molecule has 24 heavy (non-hydrogen) atoms. The molecule has 2 rings (SSSR count). The number of nitrogens with two attached hydrogens (primary N) is 1. The van der Waals surface area contributed by atoms with Gasteiger partial charge in [-0.2, -0.15) is 6.92 Å². The van der Waals surface area contributed by atoms with Crippen LogP contribution in [0.15, 0.2) is 48.7 Å². The molecule has 0 saturated carbocycles. The third kappa shape index (κ3) is 6.18. The van der Waals surface area contributed by atoms with Crippen molar-refractivity contribution in [1.82, 2.24) is 10.3 Å². The van der Waals surface area contributed by atoms with E-state index in [2.05, 4.69) is 15.6 Å². The van der Waals surface area contributed by atoms with E-state index < -0.39 is 12.0 Å². The zero-order valence-electron chi connectivity index (χ0n) is 13.2. The van der Waals surface area contributed by atoms with Gasteiger partial charge in [-0.3, -0.25) is 0 Å². The first-order chi connectivity index (χ1) is 11.1. The van der Waals surface area contributed by atoms with E-state index in [1.807, 2.05) is 30.3 Å². The molecule has 0 saturated heterocycles. The predicted molar refractivity (Wildman–Crippen MR) is 86.0 cm³/mol. The summed E-state index contributed by atoms with van der Waals surface area (Å²) in [5.41, 5.74) is 6.86. The molecular weight excluding hydrogens is 385 g/mol. The van der Waals surface area contributed by atoms with Crippen molar-refractivity contribution in [1.29, 1.82) is 0 Å². The summed E-state index contributed by atoms with van der Waals surface area (Å²) in [4.78, 5) is 27.5. The zero-order chi connectivity index (χ0) is 16.7. The topological polar surface area (TPSA) is 106 Å². The second kappa shape index (κ2) is 9.90. The second-order valence-electron chi connectivity index (χ2n) is 4.70. The van der Waals surface area contributed by atoms with Crippen LogP contribution in [0.25, 0.3) is 0 Å². The van der Waals surface area contributed by atoms with Gasteiger partial charge in [0, 0.05) is 38.9 Å². The van der Waals surface area contributed by atoms with Crippen LogP contribution >= 0.6 is 0 Å². The molecule has 0 spiro atoms. The van der Waals surface area contributed by atoms with E-state index >= 15 is 0 Å². The number of hydrogen-bond donors (Lipinski definition) is 3. The third-order valence-electron chi connectivity index (χ3n) is 2.93. The molecule has 123 valence electrons. The summed E-state index contributed by atoms with van der Waals surface area (Å²) < 4.78 is 5.03. The Kier molecular flexibility index (Phi) is 8.22. The van der Waals surface area contributed by atoms with Gasteiger partial charge in [-0.05, 0) is 17.7 Å². The van der Waals surface area contributed by atoms with Gasteiger partial charge in [0.15, 0.2) is 0 Å². The molecule has 7 nitrogen and oxygen atoms in total. The second-order valence-corrected chi connectivity index (χ2v) is 4.70. The van der Waals surface area contributed by atoms with E-state index in [0.29, 0.717) is 5.69 Å². The molecule has 0 aliphatic carbocycles. The zero-order valence-corrected chi connectivity index (χ0v) is 16.0. The van der Waals surface area contributed by atoms with Crippen molar-refractivity contribution in [2.75, 3.05) is 11.1 Å². The van der Waals surface area contributed by atoms with E-state index in [1.165, 1.54) is 13.1 Å². The van der Waals surface area contributed by atoms with Gasteiger partial charge < -0.3 is 25.9 Å². The average molecular weight is 402 g/mol. The fourth-order valence-electron chi connectivity index (χ4n) is 1.71. The molecule has 8 heteroatoms. The maximum atomic E-state index is 12.0. The van der Waals surface area contributed by atoms with Crippen LogP contribution in [0, 0.1) is 6.04 Å². The van der Waals surface area contributed by atoms with Gasteiger partial charge in [0.2, 0.25) is 0 Å². The molecule has 0 unspecified atom stereocenters. The number of nitrogen functional groups attached to an aromatic ring is 1. The molecule has 1 heterocycles. The summed E-state index contributed by atoms with van der Waals surface area (Å²) in [6.45, 7) is 1.59. The summed E-state index contributed by atoms with van der Waals surface area (Å²) in [5.74, 6) is -0.304. The summed E-state index contributed by atoms with van der Waals surface area (Å²) >= 11 is 0. The summed E-state index contributed by atoms with van der Waals surface area (Å²) in [6.07, 6.45) is 0.807. The first-order valence-electron chi connectivity index (χ1n) is 6.89. The quantitative estimate of drug-likeness (QED) is 0.664. The number of carbonyl (C=O) groups excluding carboxylic acids is 2. The van der Waals surface area contributed by atoms with Crippen molar-refractivity contribution in [3.63, 3.8) is 0 Å². The molecule has 1 radical (unpaired) electrons. The molecule has 0 bridgehead atoms. The van der Waals surface area contributed by atoms with Gasteiger partial charge in [-0.25, -0.2) is 15.8 Å². The minimum absolute atomic E-state index is 0. The molecule has 4 N–H and O–H groups in total. The van der Waals surface area contributed by atoms with E-state index in [0.717, 1.165) is 5.56 Å². The number of pyridine rings is 1. The Morgan fingerprint density at radius 3 is 2.58 bits per heavy atom. The first-order valence-corrected chi connectivity index (χ1v) is 6.89. The number of carbonyl (C=O) groups is 2.